The maximum absolute atomic E-state index is 6.25. The fourth-order valence-electron chi connectivity index (χ4n) is 3.59. The number of hydrogen-bond donors (Lipinski definition) is 1. The van der Waals surface area contributed by atoms with Crippen LogP contribution in [0.5, 0.6) is 11.5 Å². The number of piperidine rings is 1. The largest absolute Gasteiger partial charge is 0.495 e. The molecule has 0 radical (unpaired) electrons. The average Bonchev–Trinajstić information content (AvgIpc) is 2.91. The van der Waals surface area contributed by atoms with Crippen molar-refractivity contribution in [2.45, 2.75) is 37.8 Å². The summed E-state index contributed by atoms with van der Waals surface area (Å²) in [4.78, 5) is 2.61. The number of rotatable bonds is 4. The first kappa shape index (κ1) is 14.8. The van der Waals surface area contributed by atoms with Crippen molar-refractivity contribution < 1.29 is 9.47 Å². The molecule has 1 aromatic rings. The van der Waals surface area contributed by atoms with E-state index < -0.39 is 0 Å². The molecule has 2 saturated heterocycles. The second-order valence-electron chi connectivity index (χ2n) is 5.83. The molecule has 21 heavy (non-hydrogen) atoms. The van der Waals surface area contributed by atoms with Crippen LogP contribution in [0.25, 0.3) is 0 Å². The minimum Gasteiger partial charge on any atom is -0.495 e. The van der Waals surface area contributed by atoms with Gasteiger partial charge in [0.1, 0.15) is 11.5 Å². The van der Waals surface area contributed by atoms with E-state index in [0.717, 1.165) is 11.4 Å². The SMILES string of the molecule is COc1cc(OC)c(NC2CCN3CCCCC23)cc1Cl. The number of nitrogens with zero attached hydrogens (tertiary/aromatic N) is 1. The van der Waals surface area contributed by atoms with Crippen LogP contribution in [0.2, 0.25) is 5.02 Å². The number of hydrogen-bond acceptors (Lipinski definition) is 4. The van der Waals surface area contributed by atoms with Gasteiger partial charge in [0.2, 0.25) is 0 Å². The molecule has 0 aromatic heterocycles. The van der Waals surface area contributed by atoms with Crippen LogP contribution in [0.15, 0.2) is 12.1 Å². The van der Waals surface area contributed by atoms with Crippen LogP contribution < -0.4 is 14.8 Å². The molecule has 2 atom stereocenters. The Bertz CT molecular complexity index is 509. The van der Waals surface area contributed by atoms with E-state index in [-0.39, 0.29) is 0 Å². The van der Waals surface area contributed by atoms with E-state index in [0.29, 0.717) is 22.9 Å². The van der Waals surface area contributed by atoms with Crippen LogP contribution in [0.1, 0.15) is 25.7 Å². The van der Waals surface area contributed by atoms with E-state index in [4.69, 9.17) is 21.1 Å². The zero-order valence-electron chi connectivity index (χ0n) is 12.7. The molecule has 2 aliphatic rings. The maximum atomic E-state index is 6.25. The number of benzene rings is 1. The summed E-state index contributed by atoms with van der Waals surface area (Å²) in [6, 6.07) is 4.87. The van der Waals surface area contributed by atoms with Gasteiger partial charge in [-0.05, 0) is 31.9 Å². The van der Waals surface area contributed by atoms with Gasteiger partial charge in [0.15, 0.2) is 0 Å². The van der Waals surface area contributed by atoms with Crippen LogP contribution in [0, 0.1) is 0 Å². The lowest BCUT2D eigenvalue weighted by Crippen LogP contribution is -2.41. The summed E-state index contributed by atoms with van der Waals surface area (Å²) in [6.07, 6.45) is 5.13. The quantitative estimate of drug-likeness (QED) is 0.924. The molecule has 1 N–H and O–H groups in total. The Morgan fingerprint density at radius 2 is 1.90 bits per heavy atom. The smallest absolute Gasteiger partial charge is 0.145 e. The number of methoxy groups -OCH3 is 2. The molecule has 2 aliphatic heterocycles. The third-order valence-electron chi connectivity index (χ3n) is 4.67. The van der Waals surface area contributed by atoms with E-state index >= 15 is 0 Å². The van der Waals surface area contributed by atoms with Crippen molar-refractivity contribution in [2.75, 3.05) is 32.6 Å². The van der Waals surface area contributed by atoms with Crippen molar-refractivity contribution in [3.05, 3.63) is 17.2 Å². The lowest BCUT2D eigenvalue weighted by molar-refractivity contribution is 0.192. The minimum absolute atomic E-state index is 0.476. The standard InChI is InChI=1S/C16H23ClN2O2/c1-20-15-10-16(21-2)13(9-11(15)17)18-12-6-8-19-7-4-3-5-14(12)19/h9-10,12,14,18H,3-8H2,1-2H3. The van der Waals surface area contributed by atoms with E-state index in [1.807, 2.05) is 12.1 Å². The van der Waals surface area contributed by atoms with Crippen LogP contribution in [-0.4, -0.2) is 44.3 Å². The van der Waals surface area contributed by atoms with E-state index in [1.165, 1.54) is 38.8 Å². The predicted molar refractivity (Wildman–Crippen MR) is 85.8 cm³/mol. The number of nitrogens with one attached hydrogen (secondary N) is 1. The van der Waals surface area contributed by atoms with Gasteiger partial charge in [-0.3, -0.25) is 4.90 Å². The van der Waals surface area contributed by atoms with Gasteiger partial charge in [0.25, 0.3) is 0 Å². The fourth-order valence-corrected chi connectivity index (χ4v) is 3.83. The molecule has 2 fully saturated rings. The van der Waals surface area contributed by atoms with Crippen molar-refractivity contribution in [1.29, 1.82) is 0 Å². The Balaban J connectivity index is 1.79. The molecule has 5 heteroatoms. The molecule has 0 amide bonds. The summed E-state index contributed by atoms with van der Waals surface area (Å²) in [6.45, 7) is 2.43. The summed E-state index contributed by atoms with van der Waals surface area (Å²) in [5.74, 6) is 1.43. The monoisotopic (exact) mass is 310 g/mol. The van der Waals surface area contributed by atoms with Crippen LogP contribution in [0.3, 0.4) is 0 Å². The van der Waals surface area contributed by atoms with E-state index in [2.05, 4.69) is 10.2 Å². The summed E-state index contributed by atoms with van der Waals surface area (Å²) in [5, 5.41) is 4.26. The summed E-state index contributed by atoms with van der Waals surface area (Å²) < 4.78 is 10.7. The van der Waals surface area contributed by atoms with Gasteiger partial charge in [0.05, 0.1) is 24.9 Å². The van der Waals surface area contributed by atoms with Gasteiger partial charge >= 0.3 is 0 Å². The lowest BCUT2D eigenvalue weighted by Gasteiger charge is -2.33. The predicted octanol–water partition coefficient (Wildman–Crippen LogP) is 3.40. The highest BCUT2D eigenvalue weighted by Crippen LogP contribution is 2.38. The number of halogens is 1. The minimum atomic E-state index is 0.476. The molecular weight excluding hydrogens is 288 g/mol. The first-order valence-corrected chi connectivity index (χ1v) is 8.03. The second kappa shape index (κ2) is 6.32. The van der Waals surface area contributed by atoms with Gasteiger partial charge in [-0.2, -0.15) is 0 Å². The highest BCUT2D eigenvalue weighted by Gasteiger charge is 2.35. The Hall–Kier alpha value is -1.13. The van der Waals surface area contributed by atoms with Crippen LogP contribution >= 0.6 is 11.6 Å². The first-order valence-electron chi connectivity index (χ1n) is 7.65. The molecule has 2 heterocycles. The molecule has 4 nitrogen and oxygen atoms in total. The van der Waals surface area contributed by atoms with Crippen molar-refractivity contribution in [1.82, 2.24) is 4.90 Å². The van der Waals surface area contributed by atoms with Crippen molar-refractivity contribution >= 4 is 17.3 Å². The maximum Gasteiger partial charge on any atom is 0.145 e. The summed E-state index contributed by atoms with van der Waals surface area (Å²) in [5.41, 5.74) is 0.959. The highest BCUT2D eigenvalue weighted by atomic mass is 35.5. The number of anilines is 1. The van der Waals surface area contributed by atoms with E-state index in [9.17, 15) is 0 Å². The number of fused-ring (bicyclic) bond motifs is 1. The topological polar surface area (TPSA) is 33.7 Å². The highest BCUT2D eigenvalue weighted by molar-refractivity contribution is 6.32. The van der Waals surface area contributed by atoms with Gasteiger partial charge in [-0.25, -0.2) is 0 Å². The molecule has 0 saturated carbocycles. The zero-order chi connectivity index (χ0) is 14.8. The molecule has 0 bridgehead atoms. The van der Waals surface area contributed by atoms with E-state index in [1.54, 1.807) is 14.2 Å². The van der Waals surface area contributed by atoms with Gasteiger partial charge in [-0.1, -0.05) is 18.0 Å². The van der Waals surface area contributed by atoms with Crippen molar-refractivity contribution in [2.24, 2.45) is 0 Å². The summed E-state index contributed by atoms with van der Waals surface area (Å²) in [7, 11) is 3.29. The molecule has 2 unspecified atom stereocenters. The average molecular weight is 311 g/mol. The zero-order valence-corrected chi connectivity index (χ0v) is 13.4. The lowest BCUT2D eigenvalue weighted by atomic mass is 9.99. The Morgan fingerprint density at radius 3 is 2.67 bits per heavy atom. The molecule has 1 aromatic carbocycles. The van der Waals surface area contributed by atoms with Crippen molar-refractivity contribution in [3.8, 4) is 11.5 Å². The van der Waals surface area contributed by atoms with Crippen molar-refractivity contribution in [3.63, 3.8) is 0 Å². The number of ether oxygens (including phenoxy) is 2. The molecule has 116 valence electrons. The molecular formula is C16H23ClN2O2. The third-order valence-corrected chi connectivity index (χ3v) is 4.97. The molecule has 0 aliphatic carbocycles. The second-order valence-corrected chi connectivity index (χ2v) is 6.23. The molecule has 3 rings (SSSR count). The summed E-state index contributed by atoms with van der Waals surface area (Å²) >= 11 is 6.25. The van der Waals surface area contributed by atoms with Crippen LogP contribution in [0.4, 0.5) is 5.69 Å². The first-order chi connectivity index (χ1) is 10.2. The third kappa shape index (κ3) is 2.92. The Kier molecular flexibility index (Phi) is 4.45. The Labute approximate surface area is 131 Å². The normalized spacial score (nSPS) is 25.5. The van der Waals surface area contributed by atoms with Gasteiger partial charge in [0, 0.05) is 24.7 Å². The molecule has 0 spiro atoms. The van der Waals surface area contributed by atoms with Gasteiger partial charge < -0.3 is 14.8 Å². The van der Waals surface area contributed by atoms with Gasteiger partial charge in [-0.15, -0.1) is 0 Å². The Morgan fingerprint density at radius 1 is 1.10 bits per heavy atom. The fraction of sp³-hybridized carbons (Fsp3) is 0.625. The van der Waals surface area contributed by atoms with Crippen LogP contribution in [-0.2, 0) is 0 Å².